The Bertz CT molecular complexity index is 221. The van der Waals surface area contributed by atoms with Crippen LogP contribution in [0.1, 0.15) is 53.4 Å². The lowest BCUT2D eigenvalue weighted by atomic mass is 9.79. The van der Waals surface area contributed by atoms with Crippen molar-refractivity contribution in [2.75, 3.05) is 6.54 Å². The Morgan fingerprint density at radius 3 is 2.33 bits per heavy atom. The quantitative estimate of drug-likeness (QED) is 0.750. The van der Waals surface area contributed by atoms with Gasteiger partial charge in [-0.25, -0.2) is 0 Å². The number of hydrogen-bond donors (Lipinski definition) is 1. The second kappa shape index (κ2) is 4.08. The normalized spacial score (nSPS) is 44.0. The highest BCUT2D eigenvalue weighted by molar-refractivity contribution is 4.96. The van der Waals surface area contributed by atoms with Crippen molar-refractivity contribution in [3.05, 3.63) is 0 Å². The summed E-state index contributed by atoms with van der Waals surface area (Å²) in [5.41, 5.74) is 0.639. The Hall–Kier alpha value is -0.0400. The molecule has 0 radical (unpaired) electrons. The zero-order valence-corrected chi connectivity index (χ0v) is 10.8. The Labute approximate surface area is 95.0 Å². The van der Waals surface area contributed by atoms with Gasteiger partial charge in [-0.05, 0) is 55.4 Å². The van der Waals surface area contributed by atoms with Crippen molar-refractivity contribution in [1.82, 2.24) is 5.32 Å². The van der Waals surface area contributed by atoms with Crippen molar-refractivity contribution in [1.29, 1.82) is 0 Å². The number of hydrogen-bond acceptors (Lipinski definition) is 1. The molecule has 0 saturated heterocycles. The molecular formula is C14H27N. The lowest BCUT2D eigenvalue weighted by molar-refractivity contribution is 0.224. The molecule has 1 nitrogen and oxygen atoms in total. The Kier molecular flexibility index (Phi) is 3.12. The van der Waals surface area contributed by atoms with Gasteiger partial charge in [-0.2, -0.15) is 0 Å². The molecule has 0 spiro atoms. The van der Waals surface area contributed by atoms with Crippen LogP contribution in [0, 0.1) is 23.2 Å². The van der Waals surface area contributed by atoms with E-state index in [9.17, 15) is 0 Å². The summed E-state index contributed by atoms with van der Waals surface area (Å²) >= 11 is 0. The van der Waals surface area contributed by atoms with Crippen LogP contribution in [0.3, 0.4) is 0 Å². The summed E-state index contributed by atoms with van der Waals surface area (Å²) in [5.74, 6) is 2.82. The van der Waals surface area contributed by atoms with Gasteiger partial charge in [0, 0.05) is 6.04 Å². The van der Waals surface area contributed by atoms with E-state index in [1.165, 1.54) is 32.2 Å². The minimum atomic E-state index is 0.639. The van der Waals surface area contributed by atoms with Crippen LogP contribution in [-0.4, -0.2) is 12.6 Å². The van der Waals surface area contributed by atoms with Crippen molar-refractivity contribution in [2.45, 2.75) is 59.4 Å². The van der Waals surface area contributed by atoms with E-state index < -0.39 is 0 Å². The summed E-state index contributed by atoms with van der Waals surface area (Å²) in [6.07, 6.45) is 5.65. The van der Waals surface area contributed by atoms with Gasteiger partial charge in [0.15, 0.2) is 0 Å². The topological polar surface area (TPSA) is 12.0 Å². The molecule has 0 aliphatic heterocycles. The maximum atomic E-state index is 3.79. The predicted octanol–water partition coefficient (Wildman–Crippen LogP) is 3.45. The zero-order chi connectivity index (χ0) is 11.1. The molecule has 0 aromatic rings. The molecule has 2 fully saturated rings. The second-order valence-electron chi connectivity index (χ2n) is 6.76. The average Bonchev–Trinajstić information content (AvgIpc) is 2.77. The fraction of sp³-hybridized carbons (Fsp3) is 1.00. The summed E-state index contributed by atoms with van der Waals surface area (Å²) < 4.78 is 0. The average molecular weight is 209 g/mol. The van der Waals surface area contributed by atoms with E-state index in [-0.39, 0.29) is 0 Å². The Balaban J connectivity index is 1.68. The fourth-order valence-corrected chi connectivity index (χ4v) is 2.97. The summed E-state index contributed by atoms with van der Waals surface area (Å²) in [7, 11) is 0. The van der Waals surface area contributed by atoms with E-state index in [1.807, 2.05) is 0 Å². The van der Waals surface area contributed by atoms with Gasteiger partial charge < -0.3 is 5.32 Å². The van der Waals surface area contributed by atoms with Gasteiger partial charge in [0.25, 0.3) is 0 Å². The molecule has 88 valence electrons. The van der Waals surface area contributed by atoms with E-state index >= 15 is 0 Å². The Morgan fingerprint density at radius 2 is 1.80 bits per heavy atom. The van der Waals surface area contributed by atoms with E-state index in [0.717, 1.165) is 23.8 Å². The molecule has 0 aromatic carbocycles. The first kappa shape index (κ1) is 11.4. The lowest BCUT2D eigenvalue weighted by Gasteiger charge is -2.32. The summed E-state index contributed by atoms with van der Waals surface area (Å²) in [6.45, 7) is 10.9. The fourth-order valence-electron chi connectivity index (χ4n) is 2.97. The summed E-state index contributed by atoms with van der Waals surface area (Å²) in [6, 6.07) is 0.813. The zero-order valence-electron chi connectivity index (χ0n) is 10.8. The maximum absolute atomic E-state index is 3.79. The van der Waals surface area contributed by atoms with Crippen LogP contribution >= 0.6 is 0 Å². The molecule has 4 unspecified atom stereocenters. The molecule has 0 bridgehead atoms. The van der Waals surface area contributed by atoms with Crippen LogP contribution in [0.25, 0.3) is 0 Å². The van der Waals surface area contributed by atoms with E-state index in [1.54, 1.807) is 0 Å². The standard InChI is InChI=1S/C14H27N/c1-10-5-6-13(7-11(10)2)15-9-12-8-14(12,3)4/h10-13,15H,5-9H2,1-4H3. The molecule has 2 aliphatic carbocycles. The van der Waals surface area contributed by atoms with Crippen molar-refractivity contribution in [3.8, 4) is 0 Å². The van der Waals surface area contributed by atoms with E-state index in [0.29, 0.717) is 5.41 Å². The van der Waals surface area contributed by atoms with Crippen LogP contribution < -0.4 is 5.32 Å². The van der Waals surface area contributed by atoms with Crippen LogP contribution in [0.5, 0.6) is 0 Å². The van der Waals surface area contributed by atoms with Crippen LogP contribution in [0.15, 0.2) is 0 Å². The summed E-state index contributed by atoms with van der Waals surface area (Å²) in [4.78, 5) is 0. The van der Waals surface area contributed by atoms with Crippen LogP contribution in [-0.2, 0) is 0 Å². The van der Waals surface area contributed by atoms with Gasteiger partial charge in [0.05, 0.1) is 0 Å². The number of nitrogens with one attached hydrogen (secondary N) is 1. The van der Waals surface area contributed by atoms with Gasteiger partial charge in [-0.3, -0.25) is 0 Å². The molecule has 0 heterocycles. The largest absolute Gasteiger partial charge is 0.314 e. The first-order valence-corrected chi connectivity index (χ1v) is 6.72. The summed E-state index contributed by atoms with van der Waals surface area (Å²) in [5, 5.41) is 3.79. The third-order valence-electron chi connectivity index (χ3n) is 4.97. The highest BCUT2D eigenvalue weighted by Crippen LogP contribution is 2.51. The van der Waals surface area contributed by atoms with Crippen LogP contribution in [0.2, 0.25) is 0 Å². The number of rotatable bonds is 3. The smallest absolute Gasteiger partial charge is 0.00699 e. The Morgan fingerprint density at radius 1 is 1.13 bits per heavy atom. The van der Waals surface area contributed by atoms with Gasteiger partial charge in [0.1, 0.15) is 0 Å². The first-order valence-electron chi connectivity index (χ1n) is 6.72. The lowest BCUT2D eigenvalue weighted by Crippen LogP contribution is -2.37. The maximum Gasteiger partial charge on any atom is 0.00699 e. The first-order chi connectivity index (χ1) is 6.99. The minimum absolute atomic E-state index is 0.639. The minimum Gasteiger partial charge on any atom is -0.314 e. The van der Waals surface area contributed by atoms with Gasteiger partial charge in [-0.15, -0.1) is 0 Å². The highest BCUT2D eigenvalue weighted by Gasteiger charge is 2.45. The molecule has 1 N–H and O–H groups in total. The molecule has 2 rings (SSSR count). The molecule has 2 saturated carbocycles. The van der Waals surface area contributed by atoms with Crippen LogP contribution in [0.4, 0.5) is 0 Å². The monoisotopic (exact) mass is 209 g/mol. The molecule has 15 heavy (non-hydrogen) atoms. The SMILES string of the molecule is CC1CCC(NCC2CC2(C)C)CC1C. The molecule has 0 amide bonds. The molecule has 0 aromatic heterocycles. The predicted molar refractivity (Wildman–Crippen MR) is 65.9 cm³/mol. The third-order valence-corrected chi connectivity index (χ3v) is 4.97. The third kappa shape index (κ3) is 2.75. The van der Waals surface area contributed by atoms with Crippen molar-refractivity contribution >= 4 is 0 Å². The van der Waals surface area contributed by atoms with Gasteiger partial charge >= 0.3 is 0 Å². The molecular weight excluding hydrogens is 182 g/mol. The molecule has 2 aliphatic rings. The van der Waals surface area contributed by atoms with E-state index in [2.05, 4.69) is 33.0 Å². The van der Waals surface area contributed by atoms with E-state index in [4.69, 9.17) is 0 Å². The molecule has 4 atom stereocenters. The van der Waals surface area contributed by atoms with Gasteiger partial charge in [0.2, 0.25) is 0 Å². The second-order valence-corrected chi connectivity index (χ2v) is 6.76. The highest BCUT2D eigenvalue weighted by atomic mass is 14.9. The van der Waals surface area contributed by atoms with Crippen molar-refractivity contribution in [3.63, 3.8) is 0 Å². The molecule has 1 heteroatoms. The van der Waals surface area contributed by atoms with Crippen molar-refractivity contribution < 1.29 is 0 Å². The van der Waals surface area contributed by atoms with Gasteiger partial charge in [-0.1, -0.05) is 27.7 Å². The van der Waals surface area contributed by atoms with Crippen molar-refractivity contribution in [2.24, 2.45) is 23.2 Å².